The molecule has 0 heterocycles. The zero-order valence-electron chi connectivity index (χ0n) is 5.52. The lowest BCUT2D eigenvalue weighted by atomic mass is 10.2. The number of ether oxygens (including phenoxy) is 1. The van der Waals surface area contributed by atoms with E-state index in [1.165, 1.54) is 0 Å². The second-order valence-corrected chi connectivity index (χ2v) is 1.81. The van der Waals surface area contributed by atoms with E-state index in [-0.39, 0.29) is 12.7 Å². The van der Waals surface area contributed by atoms with Gasteiger partial charge in [-0.2, -0.15) is 0 Å². The van der Waals surface area contributed by atoms with Crippen molar-refractivity contribution in [2.45, 2.75) is 25.9 Å². The number of hydrogen-bond acceptors (Lipinski definition) is 1. The van der Waals surface area contributed by atoms with E-state index >= 15 is 0 Å². The minimum absolute atomic E-state index is 0.0556. The van der Waals surface area contributed by atoms with Gasteiger partial charge in [0.1, 0.15) is 6.61 Å². The first kappa shape index (κ1) is 7.92. The molecule has 0 amide bonds. The highest BCUT2D eigenvalue weighted by Crippen LogP contribution is 1.98. The molecule has 0 N–H and O–H groups in total. The molecule has 0 aliphatic carbocycles. The molecule has 0 bridgehead atoms. The Kier molecular flexibility index (Phi) is 5.01. The molecule has 0 aliphatic heterocycles. The summed E-state index contributed by atoms with van der Waals surface area (Å²) in [5.41, 5.74) is 0. The summed E-state index contributed by atoms with van der Waals surface area (Å²) in [6, 6.07) is 0. The van der Waals surface area contributed by atoms with Crippen LogP contribution in [-0.2, 0) is 9.84 Å². The van der Waals surface area contributed by atoms with Gasteiger partial charge in [0.05, 0.1) is 6.10 Å². The topological polar surface area (TPSA) is 29.1 Å². The molecular weight excluding hydrogens is 104 g/mol. The van der Waals surface area contributed by atoms with E-state index in [0.717, 1.165) is 12.8 Å². The number of hydrogen-bond donors (Lipinski definition) is 0. The monoisotopic (exact) mass is 117 g/mol. The fourth-order valence-electron chi connectivity index (χ4n) is 0.591. The van der Waals surface area contributed by atoms with E-state index in [0.29, 0.717) is 0 Å². The molecule has 0 saturated heterocycles. The van der Waals surface area contributed by atoms with E-state index < -0.39 is 0 Å². The summed E-state index contributed by atoms with van der Waals surface area (Å²) in [4.78, 5) is 0. The van der Waals surface area contributed by atoms with Crippen molar-refractivity contribution in [3.63, 3.8) is 0 Å². The standard InChI is InChI=1S/C6H13O2/c1-3-4-6(5-7)8-2/h6H,3-5H2,1-2H3. The Hall–Kier alpha value is -0.0800. The van der Waals surface area contributed by atoms with Gasteiger partial charge in [0.15, 0.2) is 0 Å². The highest BCUT2D eigenvalue weighted by atomic mass is 16.5. The maximum absolute atomic E-state index is 10.1. The summed E-state index contributed by atoms with van der Waals surface area (Å²) in [5.74, 6) is 0. The van der Waals surface area contributed by atoms with Gasteiger partial charge in [-0.05, 0) is 6.42 Å². The van der Waals surface area contributed by atoms with Crippen molar-refractivity contribution in [1.29, 1.82) is 0 Å². The molecule has 8 heavy (non-hydrogen) atoms. The largest absolute Gasteiger partial charge is 0.379 e. The van der Waals surface area contributed by atoms with Crippen LogP contribution in [-0.4, -0.2) is 19.8 Å². The molecule has 2 heteroatoms. The third-order valence-electron chi connectivity index (χ3n) is 1.13. The van der Waals surface area contributed by atoms with Crippen LogP contribution < -0.4 is 0 Å². The summed E-state index contributed by atoms with van der Waals surface area (Å²) in [6.07, 6.45) is 1.86. The van der Waals surface area contributed by atoms with Crippen LogP contribution in [0.3, 0.4) is 0 Å². The smallest absolute Gasteiger partial charge is 0.108 e. The Morgan fingerprint density at radius 1 is 1.62 bits per heavy atom. The lowest BCUT2D eigenvalue weighted by Gasteiger charge is -2.07. The Balaban J connectivity index is 3.07. The number of methoxy groups -OCH3 is 1. The van der Waals surface area contributed by atoms with Crippen LogP contribution in [0.15, 0.2) is 0 Å². The second-order valence-electron chi connectivity index (χ2n) is 1.81. The Labute approximate surface area is 50.5 Å². The van der Waals surface area contributed by atoms with Gasteiger partial charge in [0.25, 0.3) is 0 Å². The maximum atomic E-state index is 10.1. The number of rotatable bonds is 4. The van der Waals surface area contributed by atoms with E-state index in [1.807, 2.05) is 6.92 Å². The molecule has 0 aromatic heterocycles. The predicted octanol–water partition coefficient (Wildman–Crippen LogP) is 1.23. The van der Waals surface area contributed by atoms with Gasteiger partial charge in [-0.3, -0.25) is 0 Å². The fraction of sp³-hybridized carbons (Fsp3) is 1.00. The predicted molar refractivity (Wildman–Crippen MR) is 31.3 cm³/mol. The van der Waals surface area contributed by atoms with Crippen LogP contribution in [0.1, 0.15) is 19.8 Å². The summed E-state index contributed by atoms with van der Waals surface area (Å²) in [5, 5.41) is 10.1. The molecule has 1 radical (unpaired) electrons. The normalized spacial score (nSPS) is 13.9. The van der Waals surface area contributed by atoms with Crippen LogP contribution in [0.5, 0.6) is 0 Å². The fourth-order valence-corrected chi connectivity index (χ4v) is 0.591. The zero-order valence-corrected chi connectivity index (χ0v) is 5.52. The van der Waals surface area contributed by atoms with Crippen LogP contribution in [0.2, 0.25) is 0 Å². The van der Waals surface area contributed by atoms with Gasteiger partial charge in [0, 0.05) is 7.11 Å². The van der Waals surface area contributed by atoms with Crippen molar-refractivity contribution in [1.82, 2.24) is 0 Å². The first-order chi connectivity index (χ1) is 3.85. The average molecular weight is 117 g/mol. The molecule has 0 aromatic carbocycles. The van der Waals surface area contributed by atoms with Crippen LogP contribution in [0, 0.1) is 0 Å². The van der Waals surface area contributed by atoms with Gasteiger partial charge >= 0.3 is 0 Å². The molecule has 1 atom stereocenters. The van der Waals surface area contributed by atoms with Gasteiger partial charge in [0.2, 0.25) is 0 Å². The molecule has 0 aromatic rings. The molecule has 0 aliphatic rings. The van der Waals surface area contributed by atoms with Crippen LogP contribution >= 0.6 is 0 Å². The van der Waals surface area contributed by atoms with Crippen molar-refractivity contribution < 1.29 is 9.84 Å². The van der Waals surface area contributed by atoms with Crippen molar-refractivity contribution >= 4 is 0 Å². The van der Waals surface area contributed by atoms with Crippen molar-refractivity contribution in [2.24, 2.45) is 0 Å². The minimum atomic E-state index is -0.107. The summed E-state index contributed by atoms with van der Waals surface area (Å²) in [7, 11) is 1.58. The molecule has 0 rings (SSSR count). The SMILES string of the molecule is CCCC(C[O])OC. The molecule has 0 saturated carbocycles. The van der Waals surface area contributed by atoms with E-state index in [4.69, 9.17) is 4.74 Å². The lowest BCUT2D eigenvalue weighted by Crippen LogP contribution is -2.13. The van der Waals surface area contributed by atoms with Crippen molar-refractivity contribution in [3.05, 3.63) is 0 Å². The van der Waals surface area contributed by atoms with E-state index in [9.17, 15) is 5.11 Å². The lowest BCUT2D eigenvalue weighted by molar-refractivity contribution is 0.0153. The zero-order chi connectivity index (χ0) is 6.41. The molecule has 0 spiro atoms. The second kappa shape index (κ2) is 5.06. The van der Waals surface area contributed by atoms with Crippen molar-refractivity contribution in [3.8, 4) is 0 Å². The van der Waals surface area contributed by atoms with Gasteiger partial charge < -0.3 is 4.74 Å². The highest BCUT2D eigenvalue weighted by molar-refractivity contribution is 4.51. The van der Waals surface area contributed by atoms with E-state index in [1.54, 1.807) is 7.11 Å². The van der Waals surface area contributed by atoms with Gasteiger partial charge in [-0.1, -0.05) is 13.3 Å². The molecular formula is C6H13O2. The third kappa shape index (κ3) is 2.99. The minimum Gasteiger partial charge on any atom is -0.379 e. The summed E-state index contributed by atoms with van der Waals surface area (Å²) in [6.45, 7) is 1.94. The quantitative estimate of drug-likeness (QED) is 0.544. The molecule has 49 valence electrons. The summed E-state index contributed by atoms with van der Waals surface area (Å²) < 4.78 is 4.83. The first-order valence-corrected chi connectivity index (χ1v) is 2.96. The molecule has 1 unspecified atom stereocenters. The van der Waals surface area contributed by atoms with Crippen LogP contribution in [0.25, 0.3) is 0 Å². The summed E-state index contributed by atoms with van der Waals surface area (Å²) >= 11 is 0. The molecule has 0 fully saturated rings. The Morgan fingerprint density at radius 2 is 2.25 bits per heavy atom. The van der Waals surface area contributed by atoms with Gasteiger partial charge in [-0.15, -0.1) is 0 Å². The third-order valence-corrected chi connectivity index (χ3v) is 1.13. The van der Waals surface area contributed by atoms with Crippen molar-refractivity contribution in [2.75, 3.05) is 13.7 Å². The molecule has 2 nitrogen and oxygen atoms in total. The van der Waals surface area contributed by atoms with E-state index in [2.05, 4.69) is 0 Å². The Bertz CT molecular complexity index is 41.8. The maximum Gasteiger partial charge on any atom is 0.108 e. The van der Waals surface area contributed by atoms with Gasteiger partial charge in [-0.25, -0.2) is 5.11 Å². The average Bonchev–Trinajstić information content (AvgIpc) is 1.83. The highest BCUT2D eigenvalue weighted by Gasteiger charge is 2.02. The van der Waals surface area contributed by atoms with Crippen LogP contribution in [0.4, 0.5) is 0 Å². The Morgan fingerprint density at radius 3 is 2.38 bits per heavy atom. The first-order valence-electron chi connectivity index (χ1n) is 2.96.